The maximum atomic E-state index is 3.46. The van der Waals surface area contributed by atoms with Gasteiger partial charge in [0, 0.05) is 26.0 Å². The van der Waals surface area contributed by atoms with Crippen molar-refractivity contribution in [3.63, 3.8) is 0 Å². The first-order valence-corrected chi connectivity index (χ1v) is 5.29. The lowest BCUT2D eigenvalue weighted by molar-refractivity contribution is 0.366. The Morgan fingerprint density at radius 2 is 2.07 bits per heavy atom. The van der Waals surface area contributed by atoms with Gasteiger partial charge in [-0.1, -0.05) is 20.8 Å². The van der Waals surface area contributed by atoms with Crippen LogP contribution >= 0.6 is 0 Å². The predicted molar refractivity (Wildman–Crippen MR) is 61.2 cm³/mol. The van der Waals surface area contributed by atoms with Gasteiger partial charge in [0.05, 0.1) is 0 Å². The number of rotatable bonds is 4. The molecule has 0 saturated carbocycles. The third-order valence-corrected chi connectivity index (χ3v) is 2.27. The molecule has 0 aliphatic heterocycles. The van der Waals surface area contributed by atoms with E-state index in [1.165, 1.54) is 12.0 Å². The first-order chi connectivity index (χ1) is 6.47. The van der Waals surface area contributed by atoms with Crippen LogP contribution in [-0.2, 0) is 13.6 Å². The number of aromatic nitrogens is 1. The van der Waals surface area contributed by atoms with Crippen LogP contribution in [0, 0.1) is 5.41 Å². The van der Waals surface area contributed by atoms with Crippen LogP contribution in [0.1, 0.15) is 32.8 Å². The second-order valence-corrected chi connectivity index (χ2v) is 5.17. The molecule has 0 radical (unpaired) electrons. The van der Waals surface area contributed by atoms with E-state index in [-0.39, 0.29) is 0 Å². The molecule has 1 N–H and O–H groups in total. The van der Waals surface area contributed by atoms with Crippen LogP contribution in [0.5, 0.6) is 0 Å². The van der Waals surface area contributed by atoms with Crippen molar-refractivity contribution in [1.29, 1.82) is 0 Å². The highest BCUT2D eigenvalue weighted by Crippen LogP contribution is 2.16. The quantitative estimate of drug-likeness (QED) is 0.729. The molecule has 1 heterocycles. The summed E-state index contributed by atoms with van der Waals surface area (Å²) in [5.74, 6) is 0. The number of nitrogens with zero attached hydrogens (tertiary/aromatic N) is 1. The van der Waals surface area contributed by atoms with E-state index in [0.717, 1.165) is 13.1 Å². The summed E-state index contributed by atoms with van der Waals surface area (Å²) in [5, 5.41) is 3.46. The molecule has 0 fully saturated rings. The summed E-state index contributed by atoms with van der Waals surface area (Å²) in [6, 6.07) is 2.16. The summed E-state index contributed by atoms with van der Waals surface area (Å²) in [7, 11) is 2.05. The van der Waals surface area contributed by atoms with Crippen LogP contribution in [0.2, 0.25) is 0 Å². The number of nitrogens with one attached hydrogen (secondary N) is 1. The van der Waals surface area contributed by atoms with Crippen LogP contribution < -0.4 is 5.32 Å². The lowest BCUT2D eigenvalue weighted by Crippen LogP contribution is -2.19. The second-order valence-electron chi connectivity index (χ2n) is 5.17. The standard InChI is InChI=1S/C12H22N2/c1-12(2,3)6-7-13-9-11-5-8-14(4)10-11/h5,8,10,13H,6-7,9H2,1-4H3. The summed E-state index contributed by atoms with van der Waals surface area (Å²) < 4.78 is 2.08. The van der Waals surface area contributed by atoms with E-state index in [4.69, 9.17) is 0 Å². The molecule has 14 heavy (non-hydrogen) atoms. The van der Waals surface area contributed by atoms with Crippen molar-refractivity contribution < 1.29 is 0 Å². The molecule has 1 aromatic heterocycles. The van der Waals surface area contributed by atoms with Crippen molar-refractivity contribution in [1.82, 2.24) is 9.88 Å². The fourth-order valence-corrected chi connectivity index (χ4v) is 1.36. The Labute approximate surface area is 87.3 Å². The van der Waals surface area contributed by atoms with Crippen LogP contribution in [0.3, 0.4) is 0 Å². The van der Waals surface area contributed by atoms with Gasteiger partial charge in [0.25, 0.3) is 0 Å². The normalized spacial score (nSPS) is 12.0. The Morgan fingerprint density at radius 3 is 2.57 bits per heavy atom. The largest absolute Gasteiger partial charge is 0.357 e. The van der Waals surface area contributed by atoms with Crippen molar-refractivity contribution in [2.24, 2.45) is 12.5 Å². The smallest absolute Gasteiger partial charge is 0.0220 e. The third-order valence-electron chi connectivity index (χ3n) is 2.27. The molecule has 0 aliphatic carbocycles. The first kappa shape index (κ1) is 11.3. The maximum absolute atomic E-state index is 3.46. The molecule has 2 nitrogen and oxygen atoms in total. The minimum absolute atomic E-state index is 0.434. The van der Waals surface area contributed by atoms with Gasteiger partial charge in [-0.05, 0) is 30.0 Å². The van der Waals surface area contributed by atoms with E-state index >= 15 is 0 Å². The Balaban J connectivity index is 2.16. The monoisotopic (exact) mass is 194 g/mol. The van der Waals surface area contributed by atoms with Crippen LogP contribution in [0.4, 0.5) is 0 Å². The third kappa shape index (κ3) is 4.47. The Kier molecular flexibility index (Phi) is 3.76. The molecule has 1 rings (SSSR count). The zero-order valence-corrected chi connectivity index (χ0v) is 9.80. The minimum Gasteiger partial charge on any atom is -0.357 e. The van der Waals surface area contributed by atoms with Gasteiger partial charge in [0.1, 0.15) is 0 Å². The van der Waals surface area contributed by atoms with E-state index in [1.807, 2.05) is 0 Å². The first-order valence-electron chi connectivity index (χ1n) is 5.29. The highest BCUT2D eigenvalue weighted by molar-refractivity contribution is 5.09. The SMILES string of the molecule is Cn1ccc(CNCCC(C)(C)C)c1. The molecule has 1 aromatic rings. The van der Waals surface area contributed by atoms with Crippen molar-refractivity contribution >= 4 is 0 Å². The highest BCUT2D eigenvalue weighted by Gasteiger charge is 2.08. The van der Waals surface area contributed by atoms with Crippen molar-refractivity contribution in [3.05, 3.63) is 24.0 Å². The molecule has 0 spiro atoms. The number of aryl methyl sites for hydroxylation is 1. The molecule has 0 aromatic carbocycles. The zero-order chi connectivity index (χ0) is 10.6. The van der Waals surface area contributed by atoms with Gasteiger partial charge < -0.3 is 9.88 Å². The van der Waals surface area contributed by atoms with Crippen LogP contribution in [-0.4, -0.2) is 11.1 Å². The summed E-state index contributed by atoms with van der Waals surface area (Å²) in [5.41, 5.74) is 1.80. The van der Waals surface area contributed by atoms with E-state index in [1.54, 1.807) is 0 Å². The summed E-state index contributed by atoms with van der Waals surface area (Å²) in [6.45, 7) is 8.90. The molecule has 80 valence electrons. The van der Waals surface area contributed by atoms with Gasteiger partial charge in [-0.25, -0.2) is 0 Å². The number of hydrogen-bond donors (Lipinski definition) is 1. The van der Waals surface area contributed by atoms with Crippen molar-refractivity contribution in [2.45, 2.75) is 33.7 Å². The molecule has 0 amide bonds. The summed E-state index contributed by atoms with van der Waals surface area (Å²) in [4.78, 5) is 0. The fourth-order valence-electron chi connectivity index (χ4n) is 1.36. The Hall–Kier alpha value is -0.760. The minimum atomic E-state index is 0.434. The van der Waals surface area contributed by atoms with Gasteiger partial charge >= 0.3 is 0 Å². The summed E-state index contributed by atoms with van der Waals surface area (Å²) in [6.07, 6.45) is 5.46. The zero-order valence-electron chi connectivity index (χ0n) is 9.80. The Bertz CT molecular complexity index is 268. The maximum Gasteiger partial charge on any atom is 0.0220 e. The summed E-state index contributed by atoms with van der Waals surface area (Å²) >= 11 is 0. The molecule has 0 bridgehead atoms. The van der Waals surface area contributed by atoms with E-state index < -0.39 is 0 Å². The van der Waals surface area contributed by atoms with Gasteiger partial charge in [-0.15, -0.1) is 0 Å². The average Bonchev–Trinajstić information content (AvgIpc) is 2.44. The van der Waals surface area contributed by atoms with Crippen LogP contribution in [0.25, 0.3) is 0 Å². The molecular formula is C12H22N2. The van der Waals surface area contributed by atoms with Crippen LogP contribution in [0.15, 0.2) is 18.5 Å². The molecular weight excluding hydrogens is 172 g/mol. The Morgan fingerprint density at radius 1 is 1.36 bits per heavy atom. The fraction of sp³-hybridized carbons (Fsp3) is 0.667. The topological polar surface area (TPSA) is 17.0 Å². The van der Waals surface area contributed by atoms with Crippen molar-refractivity contribution in [2.75, 3.05) is 6.54 Å². The molecule has 0 atom stereocenters. The second kappa shape index (κ2) is 4.65. The molecule has 0 saturated heterocycles. The van der Waals surface area contributed by atoms with Gasteiger partial charge in [-0.3, -0.25) is 0 Å². The van der Waals surface area contributed by atoms with Crippen molar-refractivity contribution in [3.8, 4) is 0 Å². The predicted octanol–water partition coefficient (Wildman–Crippen LogP) is 2.55. The van der Waals surface area contributed by atoms with Gasteiger partial charge in [0.15, 0.2) is 0 Å². The lowest BCUT2D eigenvalue weighted by atomic mass is 9.92. The lowest BCUT2D eigenvalue weighted by Gasteiger charge is -2.17. The van der Waals surface area contributed by atoms with E-state index in [2.05, 4.69) is 56.2 Å². The van der Waals surface area contributed by atoms with Gasteiger partial charge in [0.2, 0.25) is 0 Å². The van der Waals surface area contributed by atoms with E-state index in [0.29, 0.717) is 5.41 Å². The number of hydrogen-bond acceptors (Lipinski definition) is 1. The average molecular weight is 194 g/mol. The molecule has 0 aliphatic rings. The highest BCUT2D eigenvalue weighted by atomic mass is 14.9. The van der Waals surface area contributed by atoms with Gasteiger partial charge in [-0.2, -0.15) is 0 Å². The molecule has 0 unspecified atom stereocenters. The molecule has 2 heteroatoms. The van der Waals surface area contributed by atoms with E-state index in [9.17, 15) is 0 Å².